The number of furan rings is 1. The minimum atomic E-state index is -1.07. The van der Waals surface area contributed by atoms with Gasteiger partial charge in [0.2, 0.25) is 5.76 Å². The van der Waals surface area contributed by atoms with E-state index in [0.29, 0.717) is 12.2 Å². The van der Waals surface area contributed by atoms with Crippen molar-refractivity contribution in [1.29, 1.82) is 0 Å². The average Bonchev–Trinajstić information content (AvgIpc) is 2.78. The topological polar surface area (TPSA) is 59.7 Å². The molecule has 4 nitrogen and oxygen atoms in total. The smallest absolute Gasteiger partial charge is 0.371 e. The Bertz CT molecular complexity index is 574. The number of carboxylic acid groups (broad SMARTS) is 1. The van der Waals surface area contributed by atoms with Gasteiger partial charge in [-0.05, 0) is 30.3 Å². The summed E-state index contributed by atoms with van der Waals surface area (Å²) in [6, 6.07) is 8.75. The van der Waals surface area contributed by atoms with E-state index in [1.807, 2.05) is 18.2 Å². The maximum absolute atomic E-state index is 10.7. The number of methoxy groups -OCH3 is 1. The van der Waals surface area contributed by atoms with E-state index < -0.39 is 5.97 Å². The fourth-order valence-electron chi connectivity index (χ4n) is 1.66. The Morgan fingerprint density at radius 2 is 2.17 bits per heavy atom. The number of ether oxygens (including phenoxy) is 1. The number of halogens is 1. The minimum Gasteiger partial charge on any atom is -0.496 e. The summed E-state index contributed by atoms with van der Waals surface area (Å²) >= 11 is 3.39. The molecule has 0 unspecified atom stereocenters. The van der Waals surface area contributed by atoms with Gasteiger partial charge in [0.25, 0.3) is 0 Å². The summed E-state index contributed by atoms with van der Waals surface area (Å²) in [6.45, 7) is 0. The predicted octanol–water partition coefficient (Wildman–Crippen LogP) is 3.34. The first-order valence-corrected chi connectivity index (χ1v) is 6.04. The molecule has 0 radical (unpaired) electrons. The summed E-state index contributed by atoms with van der Waals surface area (Å²) < 4.78 is 11.4. The number of hydrogen-bond acceptors (Lipinski definition) is 3. The van der Waals surface area contributed by atoms with Crippen molar-refractivity contribution < 1.29 is 19.1 Å². The predicted molar refractivity (Wildman–Crippen MR) is 69.2 cm³/mol. The van der Waals surface area contributed by atoms with Crippen molar-refractivity contribution >= 4 is 21.9 Å². The van der Waals surface area contributed by atoms with Crippen LogP contribution in [0.5, 0.6) is 5.75 Å². The molecular weight excluding hydrogens is 300 g/mol. The number of benzene rings is 1. The molecule has 0 aliphatic heterocycles. The summed E-state index contributed by atoms with van der Waals surface area (Å²) in [7, 11) is 1.59. The maximum Gasteiger partial charge on any atom is 0.371 e. The highest BCUT2D eigenvalue weighted by Gasteiger charge is 2.11. The van der Waals surface area contributed by atoms with Gasteiger partial charge in [-0.25, -0.2) is 4.79 Å². The molecule has 0 aliphatic carbocycles. The fourth-order valence-corrected chi connectivity index (χ4v) is 2.07. The summed E-state index contributed by atoms with van der Waals surface area (Å²) in [5, 5.41) is 8.78. The molecule has 0 saturated carbocycles. The third-order valence-corrected chi connectivity index (χ3v) is 2.97. The van der Waals surface area contributed by atoms with Gasteiger partial charge in [-0.3, -0.25) is 0 Å². The molecule has 1 heterocycles. The Kier molecular flexibility index (Phi) is 3.72. The highest BCUT2D eigenvalue weighted by atomic mass is 79.9. The summed E-state index contributed by atoms with van der Waals surface area (Å²) in [4.78, 5) is 10.7. The molecule has 1 aromatic carbocycles. The number of aromatic carboxylic acids is 1. The first-order chi connectivity index (χ1) is 8.60. The molecular formula is C13H11BrO4. The van der Waals surface area contributed by atoms with E-state index in [1.165, 1.54) is 6.07 Å². The zero-order valence-electron chi connectivity index (χ0n) is 9.64. The van der Waals surface area contributed by atoms with E-state index in [0.717, 1.165) is 15.8 Å². The Morgan fingerprint density at radius 3 is 2.78 bits per heavy atom. The van der Waals surface area contributed by atoms with Crippen LogP contribution in [0.1, 0.15) is 21.9 Å². The first-order valence-electron chi connectivity index (χ1n) is 5.24. The molecule has 0 atom stereocenters. The van der Waals surface area contributed by atoms with Crippen LogP contribution in [0.4, 0.5) is 0 Å². The molecule has 94 valence electrons. The Hall–Kier alpha value is -1.75. The van der Waals surface area contributed by atoms with Crippen molar-refractivity contribution in [3.8, 4) is 5.75 Å². The van der Waals surface area contributed by atoms with E-state index in [1.54, 1.807) is 13.2 Å². The van der Waals surface area contributed by atoms with Crippen LogP contribution in [0.25, 0.3) is 0 Å². The van der Waals surface area contributed by atoms with Crippen LogP contribution in [-0.2, 0) is 6.42 Å². The SMILES string of the molecule is COc1ccc(Br)cc1Cc1ccc(C(=O)O)o1. The van der Waals surface area contributed by atoms with Crippen molar-refractivity contribution in [2.75, 3.05) is 7.11 Å². The molecule has 0 spiro atoms. The van der Waals surface area contributed by atoms with Gasteiger partial charge < -0.3 is 14.3 Å². The lowest BCUT2D eigenvalue weighted by molar-refractivity contribution is 0.0660. The summed E-state index contributed by atoms with van der Waals surface area (Å²) in [5.41, 5.74) is 0.929. The van der Waals surface area contributed by atoms with Gasteiger partial charge in [0.1, 0.15) is 11.5 Å². The molecule has 18 heavy (non-hydrogen) atoms. The number of rotatable bonds is 4. The van der Waals surface area contributed by atoms with Crippen molar-refractivity contribution in [3.63, 3.8) is 0 Å². The second-order valence-corrected chi connectivity index (χ2v) is 4.62. The lowest BCUT2D eigenvalue weighted by atomic mass is 10.1. The third-order valence-electron chi connectivity index (χ3n) is 2.48. The zero-order chi connectivity index (χ0) is 13.1. The lowest BCUT2D eigenvalue weighted by Crippen LogP contribution is -1.94. The van der Waals surface area contributed by atoms with E-state index >= 15 is 0 Å². The second-order valence-electron chi connectivity index (χ2n) is 3.70. The quantitative estimate of drug-likeness (QED) is 0.941. The monoisotopic (exact) mass is 310 g/mol. The van der Waals surface area contributed by atoms with Crippen molar-refractivity contribution in [2.45, 2.75) is 6.42 Å². The average molecular weight is 311 g/mol. The maximum atomic E-state index is 10.7. The van der Waals surface area contributed by atoms with Crippen LogP contribution in [0.2, 0.25) is 0 Å². The van der Waals surface area contributed by atoms with E-state index in [9.17, 15) is 4.79 Å². The van der Waals surface area contributed by atoms with Crippen molar-refractivity contribution in [2.24, 2.45) is 0 Å². The zero-order valence-corrected chi connectivity index (χ0v) is 11.2. The Morgan fingerprint density at radius 1 is 1.39 bits per heavy atom. The minimum absolute atomic E-state index is 0.0565. The van der Waals surface area contributed by atoms with Crippen molar-refractivity contribution in [3.05, 3.63) is 51.9 Å². The molecule has 0 amide bonds. The van der Waals surface area contributed by atoms with Crippen LogP contribution < -0.4 is 4.74 Å². The molecule has 2 rings (SSSR count). The molecule has 0 fully saturated rings. The van der Waals surface area contributed by atoms with Crippen LogP contribution in [0.3, 0.4) is 0 Å². The number of carboxylic acids is 1. The van der Waals surface area contributed by atoms with Crippen LogP contribution >= 0.6 is 15.9 Å². The molecule has 0 aliphatic rings. The molecule has 1 aromatic heterocycles. The standard InChI is InChI=1S/C13H11BrO4/c1-17-11-4-2-9(14)6-8(11)7-10-3-5-12(18-10)13(15)16/h2-6H,7H2,1H3,(H,15,16). The van der Waals surface area contributed by atoms with Gasteiger partial charge in [0.05, 0.1) is 7.11 Å². The lowest BCUT2D eigenvalue weighted by Gasteiger charge is -2.07. The number of carbonyl (C=O) groups is 1. The van der Waals surface area contributed by atoms with E-state index in [2.05, 4.69) is 15.9 Å². The summed E-state index contributed by atoms with van der Waals surface area (Å²) in [5.74, 6) is 0.205. The van der Waals surface area contributed by atoms with Crippen LogP contribution in [0, 0.1) is 0 Å². The van der Waals surface area contributed by atoms with Gasteiger partial charge in [-0.15, -0.1) is 0 Å². The third kappa shape index (κ3) is 2.73. The van der Waals surface area contributed by atoms with Gasteiger partial charge in [0.15, 0.2) is 0 Å². The van der Waals surface area contributed by atoms with Gasteiger partial charge in [0, 0.05) is 16.5 Å². The Balaban J connectivity index is 2.27. The van der Waals surface area contributed by atoms with Gasteiger partial charge in [-0.2, -0.15) is 0 Å². The van der Waals surface area contributed by atoms with E-state index in [-0.39, 0.29) is 5.76 Å². The molecule has 1 N–H and O–H groups in total. The van der Waals surface area contributed by atoms with Gasteiger partial charge >= 0.3 is 5.97 Å². The molecule has 0 saturated heterocycles. The van der Waals surface area contributed by atoms with E-state index in [4.69, 9.17) is 14.3 Å². The molecule has 5 heteroatoms. The first kappa shape index (κ1) is 12.7. The second kappa shape index (κ2) is 5.27. The van der Waals surface area contributed by atoms with Crippen LogP contribution in [-0.4, -0.2) is 18.2 Å². The van der Waals surface area contributed by atoms with Crippen LogP contribution in [0.15, 0.2) is 39.2 Å². The molecule has 0 bridgehead atoms. The fraction of sp³-hybridized carbons (Fsp3) is 0.154. The highest BCUT2D eigenvalue weighted by Crippen LogP contribution is 2.26. The highest BCUT2D eigenvalue weighted by molar-refractivity contribution is 9.10. The summed E-state index contributed by atoms with van der Waals surface area (Å²) in [6.07, 6.45) is 0.482. The van der Waals surface area contributed by atoms with Gasteiger partial charge in [-0.1, -0.05) is 15.9 Å². The normalized spacial score (nSPS) is 10.3. The van der Waals surface area contributed by atoms with Crippen molar-refractivity contribution in [1.82, 2.24) is 0 Å². The molecule has 2 aromatic rings. The largest absolute Gasteiger partial charge is 0.496 e. The Labute approximate surface area is 112 Å². The number of hydrogen-bond donors (Lipinski definition) is 1.